The van der Waals surface area contributed by atoms with Crippen molar-refractivity contribution >= 4 is 15.9 Å². The van der Waals surface area contributed by atoms with Crippen LogP contribution in [0.1, 0.15) is 21.5 Å². The van der Waals surface area contributed by atoms with E-state index in [1.165, 1.54) is 12.1 Å². The summed E-state index contributed by atoms with van der Waals surface area (Å²) in [6.07, 6.45) is 0. The predicted molar refractivity (Wildman–Crippen MR) is 80.2 cm³/mol. The maximum Gasteiger partial charge on any atom is 0.251 e. The number of aryl methyl sites for hydroxylation is 1. The molecule has 0 aliphatic heterocycles. The van der Waals surface area contributed by atoms with Crippen LogP contribution in [-0.4, -0.2) is 14.3 Å². The summed E-state index contributed by atoms with van der Waals surface area (Å²) in [6, 6.07) is 13.8. The Morgan fingerprint density at radius 3 is 2.43 bits per heavy atom. The van der Waals surface area contributed by atoms with E-state index in [4.69, 9.17) is 5.14 Å². The molecule has 0 heterocycles. The van der Waals surface area contributed by atoms with Gasteiger partial charge in [-0.15, -0.1) is 0 Å². The third-order valence-corrected chi connectivity index (χ3v) is 3.83. The number of rotatable bonds is 4. The van der Waals surface area contributed by atoms with Crippen LogP contribution in [0.15, 0.2) is 53.4 Å². The number of hydrogen-bond donors (Lipinski definition) is 2. The zero-order valence-corrected chi connectivity index (χ0v) is 12.4. The molecule has 5 nitrogen and oxygen atoms in total. The Hall–Kier alpha value is -2.18. The molecule has 0 radical (unpaired) electrons. The largest absolute Gasteiger partial charge is 0.348 e. The van der Waals surface area contributed by atoms with E-state index >= 15 is 0 Å². The highest BCUT2D eigenvalue weighted by Gasteiger charge is 2.13. The highest BCUT2D eigenvalue weighted by molar-refractivity contribution is 7.89. The summed E-state index contributed by atoms with van der Waals surface area (Å²) in [4.78, 5) is 12.0. The summed E-state index contributed by atoms with van der Waals surface area (Å²) in [5.74, 6) is -0.340. The van der Waals surface area contributed by atoms with E-state index in [1.807, 2.05) is 30.3 Å². The lowest BCUT2D eigenvalue weighted by molar-refractivity contribution is 0.0950. The number of benzene rings is 2. The van der Waals surface area contributed by atoms with Crippen LogP contribution in [0.2, 0.25) is 0 Å². The molecule has 2 aromatic carbocycles. The van der Waals surface area contributed by atoms with Crippen LogP contribution in [0.25, 0.3) is 0 Å². The van der Waals surface area contributed by atoms with Gasteiger partial charge in [0, 0.05) is 12.1 Å². The first-order valence-corrected chi connectivity index (χ1v) is 7.87. The summed E-state index contributed by atoms with van der Waals surface area (Å²) in [5, 5.41) is 7.85. The van der Waals surface area contributed by atoms with Gasteiger partial charge in [-0.05, 0) is 36.2 Å². The summed E-state index contributed by atoms with van der Waals surface area (Å²) in [5.41, 5.74) is 1.89. The van der Waals surface area contributed by atoms with Crippen molar-refractivity contribution in [2.75, 3.05) is 0 Å². The molecule has 0 spiro atoms. The van der Waals surface area contributed by atoms with E-state index in [1.54, 1.807) is 13.0 Å². The van der Waals surface area contributed by atoms with E-state index in [2.05, 4.69) is 5.32 Å². The number of nitrogens with two attached hydrogens (primary N) is 1. The molecule has 0 fully saturated rings. The Labute approximate surface area is 123 Å². The maximum atomic E-state index is 12.1. The Morgan fingerprint density at radius 2 is 1.81 bits per heavy atom. The van der Waals surface area contributed by atoms with Crippen molar-refractivity contribution in [2.24, 2.45) is 5.14 Å². The van der Waals surface area contributed by atoms with Gasteiger partial charge in [0.05, 0.1) is 4.90 Å². The van der Waals surface area contributed by atoms with E-state index in [9.17, 15) is 13.2 Å². The lowest BCUT2D eigenvalue weighted by atomic mass is 10.1. The minimum Gasteiger partial charge on any atom is -0.348 e. The Bertz CT molecular complexity index is 756. The predicted octanol–water partition coefficient (Wildman–Crippen LogP) is 1.57. The first-order valence-electron chi connectivity index (χ1n) is 6.33. The van der Waals surface area contributed by atoms with Gasteiger partial charge in [0.2, 0.25) is 10.0 Å². The number of carbonyl (C=O) groups excluding carboxylic acids is 1. The van der Waals surface area contributed by atoms with Crippen molar-refractivity contribution < 1.29 is 13.2 Å². The van der Waals surface area contributed by atoms with Gasteiger partial charge >= 0.3 is 0 Å². The lowest BCUT2D eigenvalue weighted by Gasteiger charge is -2.08. The maximum absolute atomic E-state index is 12.1. The fraction of sp³-hybridized carbons (Fsp3) is 0.133. The van der Waals surface area contributed by atoms with Gasteiger partial charge in [-0.3, -0.25) is 4.79 Å². The topological polar surface area (TPSA) is 89.3 Å². The van der Waals surface area contributed by atoms with Gasteiger partial charge in [-0.2, -0.15) is 0 Å². The molecule has 0 aromatic heterocycles. The van der Waals surface area contributed by atoms with E-state index in [-0.39, 0.29) is 16.4 Å². The summed E-state index contributed by atoms with van der Waals surface area (Å²) in [6.45, 7) is 2.08. The van der Waals surface area contributed by atoms with Crippen LogP contribution in [0.3, 0.4) is 0 Å². The molecule has 0 aliphatic carbocycles. The number of carbonyl (C=O) groups is 1. The number of hydrogen-bond acceptors (Lipinski definition) is 3. The fourth-order valence-electron chi connectivity index (χ4n) is 1.92. The first kappa shape index (κ1) is 15.2. The second kappa shape index (κ2) is 6.07. The minimum atomic E-state index is -3.83. The number of nitrogens with one attached hydrogen (secondary N) is 1. The van der Waals surface area contributed by atoms with E-state index in [0.29, 0.717) is 12.1 Å². The molecule has 110 valence electrons. The highest BCUT2D eigenvalue weighted by Crippen LogP contribution is 2.13. The third kappa shape index (κ3) is 4.14. The molecule has 0 saturated heterocycles. The molecule has 6 heteroatoms. The van der Waals surface area contributed by atoms with Gasteiger partial charge in [-0.1, -0.05) is 30.3 Å². The van der Waals surface area contributed by atoms with Crippen LogP contribution >= 0.6 is 0 Å². The molecular formula is C15H16N2O3S. The van der Waals surface area contributed by atoms with Crippen LogP contribution in [0.4, 0.5) is 0 Å². The van der Waals surface area contributed by atoms with Crippen molar-refractivity contribution in [1.82, 2.24) is 5.32 Å². The van der Waals surface area contributed by atoms with Crippen LogP contribution in [0.5, 0.6) is 0 Å². The van der Waals surface area contributed by atoms with Gasteiger partial charge in [-0.25, -0.2) is 13.6 Å². The van der Waals surface area contributed by atoms with Crippen LogP contribution in [0, 0.1) is 6.92 Å². The number of sulfonamides is 1. The van der Waals surface area contributed by atoms with Crippen molar-refractivity contribution in [3.8, 4) is 0 Å². The molecular weight excluding hydrogens is 288 g/mol. The number of amides is 1. The van der Waals surface area contributed by atoms with Gasteiger partial charge < -0.3 is 5.32 Å². The van der Waals surface area contributed by atoms with Gasteiger partial charge in [0.1, 0.15) is 0 Å². The zero-order valence-electron chi connectivity index (χ0n) is 11.5. The average Bonchev–Trinajstić information content (AvgIpc) is 2.44. The van der Waals surface area contributed by atoms with Crippen molar-refractivity contribution in [3.63, 3.8) is 0 Å². The standard InChI is InChI=1S/C15H16N2O3S/c1-11-7-13(9-14(8-11)21(16,19)20)15(18)17-10-12-5-3-2-4-6-12/h2-9H,10H2,1H3,(H,17,18)(H2,16,19,20). The highest BCUT2D eigenvalue weighted by atomic mass is 32.2. The molecule has 2 rings (SSSR count). The first-order chi connectivity index (χ1) is 9.86. The molecule has 3 N–H and O–H groups in total. The van der Waals surface area contributed by atoms with E-state index in [0.717, 1.165) is 5.56 Å². The zero-order chi connectivity index (χ0) is 15.5. The molecule has 21 heavy (non-hydrogen) atoms. The van der Waals surface area contributed by atoms with E-state index < -0.39 is 10.0 Å². The Morgan fingerprint density at radius 1 is 1.14 bits per heavy atom. The SMILES string of the molecule is Cc1cc(C(=O)NCc2ccccc2)cc(S(N)(=O)=O)c1. The number of primary sulfonamides is 1. The van der Waals surface area contributed by atoms with Gasteiger partial charge in [0.15, 0.2) is 0 Å². The van der Waals surface area contributed by atoms with Crippen LogP contribution < -0.4 is 10.5 Å². The second-order valence-electron chi connectivity index (χ2n) is 4.75. The normalized spacial score (nSPS) is 11.1. The Kier molecular flexibility index (Phi) is 4.40. The summed E-state index contributed by atoms with van der Waals surface area (Å²) >= 11 is 0. The third-order valence-electron chi connectivity index (χ3n) is 2.94. The lowest BCUT2D eigenvalue weighted by Crippen LogP contribution is -2.23. The fourth-order valence-corrected chi connectivity index (χ4v) is 2.56. The summed E-state index contributed by atoms with van der Waals surface area (Å²) < 4.78 is 22.8. The molecule has 0 atom stereocenters. The molecule has 1 amide bonds. The van der Waals surface area contributed by atoms with Crippen molar-refractivity contribution in [1.29, 1.82) is 0 Å². The molecule has 0 unspecified atom stereocenters. The monoisotopic (exact) mass is 304 g/mol. The summed E-state index contributed by atoms with van der Waals surface area (Å²) in [7, 11) is -3.83. The average molecular weight is 304 g/mol. The van der Waals surface area contributed by atoms with Gasteiger partial charge in [0.25, 0.3) is 5.91 Å². The quantitative estimate of drug-likeness (QED) is 0.898. The van der Waals surface area contributed by atoms with Crippen molar-refractivity contribution in [2.45, 2.75) is 18.4 Å². The molecule has 0 saturated carbocycles. The molecule has 2 aromatic rings. The molecule has 0 bridgehead atoms. The molecule has 0 aliphatic rings. The Balaban J connectivity index is 2.18. The second-order valence-corrected chi connectivity index (χ2v) is 6.31. The smallest absolute Gasteiger partial charge is 0.251 e. The van der Waals surface area contributed by atoms with Crippen LogP contribution in [-0.2, 0) is 16.6 Å². The minimum absolute atomic E-state index is 0.0626. The van der Waals surface area contributed by atoms with Crippen molar-refractivity contribution in [3.05, 3.63) is 65.2 Å².